The quantitative estimate of drug-likeness (QED) is 0.704. The van der Waals surface area contributed by atoms with Crippen LogP contribution >= 0.6 is 0 Å². The number of hydrogen-bond donors (Lipinski definition) is 3. The number of nitrogens with zero attached hydrogens (tertiary/aromatic N) is 1. The van der Waals surface area contributed by atoms with E-state index in [1.807, 2.05) is 24.3 Å². The number of nitrogens with one attached hydrogen (secondary N) is 2. The SMILES string of the molecule is C/C=C/CC(NC(=O)Cc1[nH]nc2ccccc12)C(=O)O. The smallest absolute Gasteiger partial charge is 0.326 e. The summed E-state index contributed by atoms with van der Waals surface area (Å²) in [6.45, 7) is 1.80. The minimum Gasteiger partial charge on any atom is -0.480 e. The molecule has 1 heterocycles. The highest BCUT2D eigenvalue weighted by Crippen LogP contribution is 2.15. The molecule has 6 nitrogen and oxygen atoms in total. The van der Waals surface area contributed by atoms with Gasteiger partial charge >= 0.3 is 5.97 Å². The number of hydrogen-bond acceptors (Lipinski definition) is 3. The van der Waals surface area contributed by atoms with E-state index >= 15 is 0 Å². The molecule has 2 rings (SSSR count). The second-order valence-corrected chi connectivity index (χ2v) is 4.66. The highest BCUT2D eigenvalue weighted by atomic mass is 16.4. The fourth-order valence-corrected chi connectivity index (χ4v) is 2.05. The predicted octanol–water partition coefficient (Wildman–Crippen LogP) is 1.64. The maximum atomic E-state index is 12.0. The summed E-state index contributed by atoms with van der Waals surface area (Å²) in [5.41, 5.74) is 1.46. The van der Waals surface area contributed by atoms with Gasteiger partial charge in [0.25, 0.3) is 0 Å². The molecular weight excluding hydrogens is 270 g/mol. The highest BCUT2D eigenvalue weighted by Gasteiger charge is 2.19. The summed E-state index contributed by atoms with van der Waals surface area (Å²) >= 11 is 0. The van der Waals surface area contributed by atoms with Crippen molar-refractivity contribution in [2.75, 3.05) is 0 Å². The summed E-state index contributed by atoms with van der Waals surface area (Å²) in [6, 6.07) is 6.54. The Morgan fingerprint density at radius 3 is 2.90 bits per heavy atom. The average molecular weight is 287 g/mol. The Kier molecular flexibility index (Phi) is 4.71. The molecule has 0 radical (unpaired) electrons. The molecule has 2 aromatic rings. The number of para-hydroxylation sites is 1. The number of carboxylic acid groups (broad SMARTS) is 1. The summed E-state index contributed by atoms with van der Waals surface area (Å²) in [5.74, 6) is -1.39. The number of aromatic nitrogens is 2. The number of carboxylic acids is 1. The van der Waals surface area contributed by atoms with Gasteiger partial charge in [0, 0.05) is 5.39 Å². The number of carbonyl (C=O) groups is 2. The van der Waals surface area contributed by atoms with Crippen LogP contribution in [0.3, 0.4) is 0 Å². The van der Waals surface area contributed by atoms with Gasteiger partial charge in [-0.15, -0.1) is 0 Å². The minimum absolute atomic E-state index is 0.0696. The van der Waals surface area contributed by atoms with Crippen molar-refractivity contribution in [3.05, 3.63) is 42.1 Å². The van der Waals surface area contributed by atoms with E-state index in [0.29, 0.717) is 5.69 Å². The monoisotopic (exact) mass is 287 g/mol. The van der Waals surface area contributed by atoms with Crippen LogP contribution in [-0.2, 0) is 16.0 Å². The van der Waals surface area contributed by atoms with Gasteiger partial charge in [0.05, 0.1) is 17.6 Å². The van der Waals surface area contributed by atoms with Crippen LogP contribution < -0.4 is 5.32 Å². The Labute approximate surface area is 121 Å². The molecule has 0 aliphatic carbocycles. The molecule has 0 bridgehead atoms. The number of allylic oxidation sites excluding steroid dienone is 1. The lowest BCUT2D eigenvalue weighted by atomic mass is 10.1. The number of rotatable bonds is 6. The highest BCUT2D eigenvalue weighted by molar-refractivity contribution is 5.89. The van der Waals surface area contributed by atoms with Crippen molar-refractivity contribution in [1.82, 2.24) is 15.5 Å². The second-order valence-electron chi connectivity index (χ2n) is 4.66. The van der Waals surface area contributed by atoms with Gasteiger partial charge in [-0.2, -0.15) is 5.10 Å². The Morgan fingerprint density at radius 1 is 1.43 bits per heavy atom. The molecule has 1 amide bonds. The summed E-state index contributed by atoms with van der Waals surface area (Å²) in [7, 11) is 0. The van der Waals surface area contributed by atoms with Crippen molar-refractivity contribution < 1.29 is 14.7 Å². The van der Waals surface area contributed by atoms with Crippen LogP contribution in [0.15, 0.2) is 36.4 Å². The molecular formula is C15H17N3O3. The van der Waals surface area contributed by atoms with E-state index in [1.165, 1.54) is 0 Å². The van der Waals surface area contributed by atoms with Crippen LogP contribution in [0.4, 0.5) is 0 Å². The average Bonchev–Trinajstić information content (AvgIpc) is 2.86. The van der Waals surface area contributed by atoms with E-state index in [4.69, 9.17) is 5.11 Å². The number of carbonyl (C=O) groups excluding carboxylic acids is 1. The van der Waals surface area contributed by atoms with Gasteiger partial charge < -0.3 is 10.4 Å². The lowest BCUT2D eigenvalue weighted by molar-refractivity contribution is -0.141. The van der Waals surface area contributed by atoms with Crippen molar-refractivity contribution in [3.8, 4) is 0 Å². The number of fused-ring (bicyclic) bond motifs is 1. The Balaban J connectivity index is 2.05. The standard InChI is InChI=1S/C15H17N3O3/c1-2-3-7-12(15(20)21)16-14(19)9-13-10-6-4-5-8-11(10)17-18-13/h2-6,8,12H,7,9H2,1H3,(H,16,19)(H,17,18)(H,20,21)/b3-2+. The number of aromatic amines is 1. The molecule has 3 N–H and O–H groups in total. The maximum absolute atomic E-state index is 12.0. The number of aliphatic carboxylic acids is 1. The van der Waals surface area contributed by atoms with Gasteiger partial charge in [0.1, 0.15) is 6.04 Å². The van der Waals surface area contributed by atoms with Crippen LogP contribution in [0.1, 0.15) is 19.0 Å². The first-order valence-electron chi connectivity index (χ1n) is 6.67. The van der Waals surface area contributed by atoms with E-state index in [2.05, 4.69) is 15.5 Å². The molecule has 0 saturated carbocycles. The zero-order chi connectivity index (χ0) is 15.2. The predicted molar refractivity (Wildman–Crippen MR) is 78.8 cm³/mol. The molecule has 0 aliphatic rings. The molecule has 0 spiro atoms. The first-order chi connectivity index (χ1) is 10.1. The van der Waals surface area contributed by atoms with Crippen molar-refractivity contribution >= 4 is 22.8 Å². The van der Waals surface area contributed by atoms with Crippen molar-refractivity contribution in [1.29, 1.82) is 0 Å². The van der Waals surface area contributed by atoms with Crippen LogP contribution in [-0.4, -0.2) is 33.2 Å². The topological polar surface area (TPSA) is 95.1 Å². The van der Waals surface area contributed by atoms with Gasteiger partial charge in [0.15, 0.2) is 0 Å². The fourth-order valence-electron chi connectivity index (χ4n) is 2.05. The molecule has 1 aromatic heterocycles. The van der Waals surface area contributed by atoms with Gasteiger partial charge in [-0.25, -0.2) is 4.79 Å². The van der Waals surface area contributed by atoms with Crippen molar-refractivity contribution in [3.63, 3.8) is 0 Å². The van der Waals surface area contributed by atoms with E-state index in [0.717, 1.165) is 10.9 Å². The number of H-pyrrole nitrogens is 1. The van der Waals surface area contributed by atoms with Gasteiger partial charge in [-0.05, 0) is 19.4 Å². The lowest BCUT2D eigenvalue weighted by Crippen LogP contribution is -2.41. The Bertz CT molecular complexity index is 676. The molecule has 1 atom stereocenters. The molecule has 21 heavy (non-hydrogen) atoms. The molecule has 0 saturated heterocycles. The first kappa shape index (κ1) is 14.8. The summed E-state index contributed by atoms with van der Waals surface area (Å²) in [4.78, 5) is 23.1. The summed E-state index contributed by atoms with van der Waals surface area (Å²) < 4.78 is 0. The van der Waals surface area contributed by atoms with E-state index in [-0.39, 0.29) is 18.7 Å². The molecule has 1 aromatic carbocycles. The van der Waals surface area contributed by atoms with E-state index < -0.39 is 12.0 Å². The minimum atomic E-state index is -1.05. The van der Waals surface area contributed by atoms with Crippen molar-refractivity contribution in [2.24, 2.45) is 0 Å². The molecule has 0 aliphatic heterocycles. The molecule has 6 heteroatoms. The third-order valence-electron chi connectivity index (χ3n) is 3.12. The van der Waals surface area contributed by atoms with Crippen LogP contribution in [0.25, 0.3) is 10.9 Å². The molecule has 0 fully saturated rings. The van der Waals surface area contributed by atoms with Gasteiger partial charge in [0.2, 0.25) is 5.91 Å². The van der Waals surface area contributed by atoms with Gasteiger partial charge in [-0.3, -0.25) is 9.89 Å². The first-order valence-corrected chi connectivity index (χ1v) is 6.67. The van der Waals surface area contributed by atoms with Crippen LogP contribution in [0.5, 0.6) is 0 Å². The molecule has 1 unspecified atom stereocenters. The van der Waals surface area contributed by atoms with E-state index in [1.54, 1.807) is 19.1 Å². The largest absolute Gasteiger partial charge is 0.480 e. The summed E-state index contributed by atoms with van der Waals surface area (Å²) in [5, 5.41) is 19.4. The lowest BCUT2D eigenvalue weighted by Gasteiger charge is -2.12. The van der Waals surface area contributed by atoms with Crippen LogP contribution in [0, 0.1) is 0 Å². The fraction of sp³-hybridized carbons (Fsp3) is 0.267. The zero-order valence-electron chi connectivity index (χ0n) is 11.7. The van der Waals surface area contributed by atoms with Crippen LogP contribution in [0.2, 0.25) is 0 Å². The number of amides is 1. The van der Waals surface area contributed by atoms with Gasteiger partial charge in [-0.1, -0.05) is 30.4 Å². The second kappa shape index (κ2) is 6.69. The summed E-state index contributed by atoms with van der Waals surface area (Å²) in [6.07, 6.45) is 3.80. The normalized spacial score (nSPS) is 12.6. The zero-order valence-corrected chi connectivity index (χ0v) is 11.7. The maximum Gasteiger partial charge on any atom is 0.326 e. The third kappa shape index (κ3) is 3.68. The number of benzene rings is 1. The third-order valence-corrected chi connectivity index (χ3v) is 3.12. The Morgan fingerprint density at radius 2 is 2.19 bits per heavy atom. The van der Waals surface area contributed by atoms with E-state index in [9.17, 15) is 9.59 Å². The van der Waals surface area contributed by atoms with Crippen molar-refractivity contribution in [2.45, 2.75) is 25.8 Å². The Hall–Kier alpha value is -2.63. The molecule has 110 valence electrons.